The van der Waals surface area contributed by atoms with Crippen LogP contribution in [-0.4, -0.2) is 11.5 Å². The van der Waals surface area contributed by atoms with Crippen LogP contribution in [0.2, 0.25) is 0 Å². The molecule has 1 saturated carbocycles. The fraction of sp³-hybridized carbons (Fsp3) is 0.692. The number of hydrogen-bond donors (Lipinski definition) is 2. The Morgan fingerprint density at radius 2 is 2.20 bits per heavy atom. The maximum absolute atomic E-state index is 3.49. The van der Waals surface area contributed by atoms with E-state index in [0.29, 0.717) is 0 Å². The summed E-state index contributed by atoms with van der Waals surface area (Å²) in [5.74, 6) is 1.04. The number of nitrogens with one attached hydrogen (secondary N) is 2. The van der Waals surface area contributed by atoms with Gasteiger partial charge in [0.2, 0.25) is 0 Å². The molecule has 0 atom stereocenters. The van der Waals surface area contributed by atoms with Crippen LogP contribution in [0.5, 0.6) is 0 Å². The second-order valence-electron chi connectivity index (χ2n) is 4.69. The summed E-state index contributed by atoms with van der Waals surface area (Å²) in [4.78, 5) is 3.08. The van der Waals surface area contributed by atoms with Gasteiger partial charge < -0.3 is 10.3 Å². The molecule has 1 aromatic heterocycles. The van der Waals surface area contributed by atoms with Gasteiger partial charge >= 0.3 is 0 Å². The summed E-state index contributed by atoms with van der Waals surface area (Å²) < 4.78 is 0. The lowest BCUT2D eigenvalue weighted by atomic mass is 10.0. The van der Waals surface area contributed by atoms with E-state index in [1.807, 2.05) is 6.20 Å². The maximum Gasteiger partial charge on any atom is 0.0220 e. The molecule has 0 unspecified atom stereocenters. The van der Waals surface area contributed by atoms with Crippen LogP contribution >= 0.6 is 0 Å². The van der Waals surface area contributed by atoms with Crippen molar-refractivity contribution < 1.29 is 0 Å². The number of aromatic amines is 1. The van der Waals surface area contributed by atoms with E-state index in [1.165, 1.54) is 50.6 Å². The van der Waals surface area contributed by atoms with Gasteiger partial charge in [-0.05, 0) is 36.9 Å². The molecule has 2 N–H and O–H groups in total. The molecule has 0 aromatic carbocycles. The molecular weight excluding hydrogens is 184 g/mol. The summed E-state index contributed by atoms with van der Waals surface area (Å²) >= 11 is 0. The standard InChI is InChI=1S/C13H22N2/c1-2-5-12(4-1)6-3-8-14-10-13-7-9-15-11-13/h7,9,11-12,14-15H,1-6,8,10H2. The molecule has 1 aliphatic rings. The molecule has 0 spiro atoms. The highest BCUT2D eigenvalue weighted by Crippen LogP contribution is 2.28. The molecule has 0 bridgehead atoms. The van der Waals surface area contributed by atoms with Crippen molar-refractivity contribution >= 4 is 0 Å². The summed E-state index contributed by atoms with van der Waals surface area (Å²) in [6.07, 6.45) is 12.7. The fourth-order valence-electron chi connectivity index (χ4n) is 2.52. The van der Waals surface area contributed by atoms with Gasteiger partial charge in [-0.25, -0.2) is 0 Å². The largest absolute Gasteiger partial charge is 0.367 e. The summed E-state index contributed by atoms with van der Waals surface area (Å²) in [6, 6.07) is 2.13. The van der Waals surface area contributed by atoms with Crippen molar-refractivity contribution in [1.29, 1.82) is 0 Å². The van der Waals surface area contributed by atoms with Gasteiger partial charge in [0, 0.05) is 18.9 Å². The molecule has 1 aromatic rings. The molecule has 1 heterocycles. The third-order valence-electron chi connectivity index (χ3n) is 3.43. The highest BCUT2D eigenvalue weighted by Gasteiger charge is 2.13. The van der Waals surface area contributed by atoms with Gasteiger partial charge in [0.1, 0.15) is 0 Å². The lowest BCUT2D eigenvalue weighted by Gasteiger charge is -2.08. The average Bonchev–Trinajstić information content (AvgIpc) is 2.88. The Bertz CT molecular complexity index is 248. The average molecular weight is 206 g/mol. The van der Waals surface area contributed by atoms with E-state index in [2.05, 4.69) is 22.6 Å². The van der Waals surface area contributed by atoms with Crippen molar-refractivity contribution in [3.05, 3.63) is 24.0 Å². The van der Waals surface area contributed by atoms with Gasteiger partial charge in [0.05, 0.1) is 0 Å². The molecular formula is C13H22N2. The first-order chi connectivity index (χ1) is 7.45. The van der Waals surface area contributed by atoms with Crippen molar-refractivity contribution in [1.82, 2.24) is 10.3 Å². The Morgan fingerprint density at radius 1 is 1.33 bits per heavy atom. The minimum absolute atomic E-state index is 1.01. The molecule has 1 fully saturated rings. The van der Waals surface area contributed by atoms with E-state index in [9.17, 15) is 0 Å². The van der Waals surface area contributed by atoms with Crippen LogP contribution in [0.1, 0.15) is 44.1 Å². The zero-order valence-electron chi connectivity index (χ0n) is 9.47. The Kier molecular flexibility index (Phi) is 4.27. The zero-order valence-corrected chi connectivity index (χ0v) is 9.47. The normalized spacial score (nSPS) is 17.3. The Morgan fingerprint density at radius 3 is 2.93 bits per heavy atom. The predicted molar refractivity (Wildman–Crippen MR) is 63.7 cm³/mol. The molecule has 2 heteroatoms. The molecule has 0 radical (unpaired) electrons. The second kappa shape index (κ2) is 5.96. The first-order valence-corrected chi connectivity index (χ1v) is 6.27. The molecule has 0 saturated heterocycles. The number of aromatic nitrogens is 1. The first-order valence-electron chi connectivity index (χ1n) is 6.27. The van der Waals surface area contributed by atoms with Crippen molar-refractivity contribution in [3.63, 3.8) is 0 Å². The van der Waals surface area contributed by atoms with Crippen LogP contribution in [-0.2, 0) is 6.54 Å². The monoisotopic (exact) mass is 206 g/mol. The van der Waals surface area contributed by atoms with Crippen molar-refractivity contribution in [2.24, 2.45) is 5.92 Å². The Labute approximate surface area is 92.5 Å². The van der Waals surface area contributed by atoms with Crippen molar-refractivity contribution in [2.75, 3.05) is 6.54 Å². The van der Waals surface area contributed by atoms with Crippen molar-refractivity contribution in [3.8, 4) is 0 Å². The smallest absolute Gasteiger partial charge is 0.0220 e. The van der Waals surface area contributed by atoms with Gasteiger partial charge in [0.25, 0.3) is 0 Å². The molecule has 2 nitrogen and oxygen atoms in total. The van der Waals surface area contributed by atoms with Crippen LogP contribution in [0.15, 0.2) is 18.5 Å². The first kappa shape index (κ1) is 10.7. The maximum atomic E-state index is 3.49. The molecule has 0 amide bonds. The van der Waals surface area contributed by atoms with Crippen LogP contribution in [0.25, 0.3) is 0 Å². The second-order valence-corrected chi connectivity index (χ2v) is 4.69. The molecule has 15 heavy (non-hydrogen) atoms. The van der Waals surface area contributed by atoms with Gasteiger partial charge in [0.15, 0.2) is 0 Å². The Hall–Kier alpha value is -0.760. The predicted octanol–water partition coefficient (Wildman–Crippen LogP) is 3.07. The van der Waals surface area contributed by atoms with Crippen LogP contribution in [0.4, 0.5) is 0 Å². The van der Waals surface area contributed by atoms with Gasteiger partial charge in [-0.1, -0.05) is 25.7 Å². The van der Waals surface area contributed by atoms with E-state index in [-0.39, 0.29) is 0 Å². The SMILES string of the molecule is c1cc(CNCCCC2CCCC2)c[nH]1. The Balaban J connectivity index is 1.48. The van der Waals surface area contributed by atoms with Gasteiger partial charge in [-0.2, -0.15) is 0 Å². The summed E-state index contributed by atoms with van der Waals surface area (Å²) in [7, 11) is 0. The number of hydrogen-bond acceptors (Lipinski definition) is 1. The van der Waals surface area contributed by atoms with Gasteiger partial charge in [-0.3, -0.25) is 0 Å². The van der Waals surface area contributed by atoms with Crippen LogP contribution in [0, 0.1) is 5.92 Å². The molecule has 2 rings (SSSR count). The summed E-state index contributed by atoms with van der Waals surface area (Å²) in [5.41, 5.74) is 1.36. The molecule has 1 aliphatic carbocycles. The highest BCUT2D eigenvalue weighted by molar-refractivity contribution is 5.07. The minimum Gasteiger partial charge on any atom is -0.367 e. The highest BCUT2D eigenvalue weighted by atomic mass is 14.8. The topological polar surface area (TPSA) is 27.8 Å². The molecule has 0 aliphatic heterocycles. The number of rotatable bonds is 6. The third-order valence-corrected chi connectivity index (χ3v) is 3.43. The van der Waals surface area contributed by atoms with Crippen molar-refractivity contribution in [2.45, 2.75) is 45.1 Å². The van der Waals surface area contributed by atoms with Crippen LogP contribution < -0.4 is 5.32 Å². The summed E-state index contributed by atoms with van der Waals surface area (Å²) in [5, 5.41) is 3.49. The van der Waals surface area contributed by atoms with Gasteiger partial charge in [-0.15, -0.1) is 0 Å². The lowest BCUT2D eigenvalue weighted by Crippen LogP contribution is -2.15. The zero-order chi connectivity index (χ0) is 10.3. The van der Waals surface area contributed by atoms with E-state index >= 15 is 0 Å². The quantitative estimate of drug-likeness (QED) is 0.688. The van der Waals surface area contributed by atoms with E-state index in [0.717, 1.165) is 12.5 Å². The van der Waals surface area contributed by atoms with Crippen LogP contribution in [0.3, 0.4) is 0 Å². The van der Waals surface area contributed by atoms with E-state index in [1.54, 1.807) is 0 Å². The minimum atomic E-state index is 1.01. The van der Waals surface area contributed by atoms with E-state index < -0.39 is 0 Å². The van der Waals surface area contributed by atoms with E-state index in [4.69, 9.17) is 0 Å². The summed E-state index contributed by atoms with van der Waals surface area (Å²) in [6.45, 7) is 2.18. The number of H-pyrrole nitrogens is 1. The molecule has 84 valence electrons. The third kappa shape index (κ3) is 3.71. The lowest BCUT2D eigenvalue weighted by molar-refractivity contribution is 0.470. The fourth-order valence-corrected chi connectivity index (χ4v) is 2.52.